The molecule has 2 saturated heterocycles. The molecule has 9 nitrogen and oxygen atoms in total. The molecule has 4 heterocycles. The second-order valence-corrected chi connectivity index (χ2v) is 11.0. The minimum absolute atomic E-state index is 0.0541. The fourth-order valence-corrected chi connectivity index (χ4v) is 7.00. The summed E-state index contributed by atoms with van der Waals surface area (Å²) >= 11 is 0. The number of methoxy groups -OCH3 is 1. The average molecular weight is 469 g/mol. The highest BCUT2D eigenvalue weighted by atomic mass is 32.2. The van der Waals surface area contributed by atoms with Gasteiger partial charge in [0.1, 0.15) is 10.5 Å². The van der Waals surface area contributed by atoms with Gasteiger partial charge in [0.05, 0.1) is 18.8 Å². The molecule has 0 aliphatic carbocycles. The number of likely N-dealkylation sites (tertiary alicyclic amines) is 1. The lowest BCUT2D eigenvalue weighted by Gasteiger charge is -2.49. The molecule has 0 N–H and O–H groups in total. The summed E-state index contributed by atoms with van der Waals surface area (Å²) in [6, 6.07) is 11.1. The van der Waals surface area contributed by atoms with Crippen LogP contribution in [0.4, 0.5) is 0 Å². The second-order valence-electron chi connectivity index (χ2n) is 8.51. The number of hydrogen-bond acceptors (Lipinski definition) is 8. The van der Waals surface area contributed by atoms with Crippen molar-refractivity contribution in [2.75, 3.05) is 26.0 Å². The monoisotopic (exact) mass is 468 g/mol. The molecule has 2 fully saturated rings. The van der Waals surface area contributed by atoms with E-state index in [1.807, 2.05) is 24.3 Å². The number of benzene rings is 1. The number of pyridine rings is 1. The molecule has 5 rings (SSSR count). The van der Waals surface area contributed by atoms with Crippen molar-refractivity contribution in [3.05, 3.63) is 60.2 Å². The minimum atomic E-state index is -3.39. The van der Waals surface area contributed by atoms with Gasteiger partial charge in [-0.25, -0.2) is 8.42 Å². The maximum atomic E-state index is 13.0. The molecule has 0 bridgehead atoms. The molecular weight excluding hydrogens is 444 g/mol. The number of aromatic nitrogens is 3. The smallest absolute Gasteiger partial charge is 0.231 e. The van der Waals surface area contributed by atoms with Crippen LogP contribution in [0.25, 0.3) is 11.4 Å². The molecular formula is C23H24N4O5S. The number of amides is 1. The normalized spacial score (nSPS) is 20.5. The first kappa shape index (κ1) is 21.6. The highest BCUT2D eigenvalue weighted by molar-refractivity contribution is 7.93. The Hall–Kier alpha value is -3.27. The number of rotatable bonds is 6. The zero-order valence-electron chi connectivity index (χ0n) is 18.2. The topological polar surface area (TPSA) is 115 Å². The van der Waals surface area contributed by atoms with Gasteiger partial charge < -0.3 is 14.2 Å². The minimum Gasteiger partial charge on any atom is -0.497 e. The van der Waals surface area contributed by atoms with Crippen LogP contribution in [0.15, 0.2) is 53.3 Å². The first-order valence-electron chi connectivity index (χ1n) is 10.8. The molecule has 1 aromatic carbocycles. The van der Waals surface area contributed by atoms with E-state index >= 15 is 0 Å². The van der Waals surface area contributed by atoms with E-state index in [1.165, 1.54) is 0 Å². The van der Waals surface area contributed by atoms with Crippen LogP contribution in [0.2, 0.25) is 0 Å². The molecule has 0 saturated carbocycles. The molecule has 0 radical (unpaired) electrons. The molecule has 2 aromatic heterocycles. The van der Waals surface area contributed by atoms with Crippen LogP contribution in [-0.4, -0.2) is 65.0 Å². The predicted molar refractivity (Wildman–Crippen MR) is 119 cm³/mol. The Bertz CT molecular complexity index is 1250. The van der Waals surface area contributed by atoms with E-state index in [4.69, 9.17) is 9.26 Å². The third-order valence-electron chi connectivity index (χ3n) is 6.66. The van der Waals surface area contributed by atoms with Gasteiger partial charge in [0.15, 0.2) is 9.84 Å². The summed E-state index contributed by atoms with van der Waals surface area (Å²) in [7, 11) is -1.78. The van der Waals surface area contributed by atoms with Crippen molar-refractivity contribution >= 4 is 15.7 Å². The molecule has 2 aliphatic rings. The van der Waals surface area contributed by atoms with Crippen LogP contribution in [0, 0.1) is 0 Å². The van der Waals surface area contributed by atoms with E-state index in [0.717, 1.165) is 16.9 Å². The Morgan fingerprint density at radius 1 is 1.18 bits per heavy atom. The molecule has 1 amide bonds. The molecule has 33 heavy (non-hydrogen) atoms. The van der Waals surface area contributed by atoms with Crippen LogP contribution in [-0.2, 0) is 21.1 Å². The summed E-state index contributed by atoms with van der Waals surface area (Å²) in [6.45, 7) is 0.322. The van der Waals surface area contributed by atoms with E-state index in [0.29, 0.717) is 31.0 Å². The highest BCUT2D eigenvalue weighted by Gasteiger charge is 2.64. The predicted octanol–water partition coefficient (Wildman–Crippen LogP) is 2.26. The Balaban J connectivity index is 1.27. The van der Waals surface area contributed by atoms with Gasteiger partial charge in [-0.15, -0.1) is 0 Å². The molecule has 1 unspecified atom stereocenters. The number of hydrogen-bond donors (Lipinski definition) is 0. The molecule has 2 aliphatic heterocycles. The van der Waals surface area contributed by atoms with Crippen molar-refractivity contribution in [1.82, 2.24) is 20.0 Å². The molecule has 172 valence electrons. The van der Waals surface area contributed by atoms with Crippen LogP contribution in [0.5, 0.6) is 5.75 Å². The number of nitrogens with zero attached hydrogens (tertiary/aromatic N) is 4. The number of sulfone groups is 1. The van der Waals surface area contributed by atoms with Gasteiger partial charge in [0.2, 0.25) is 17.6 Å². The van der Waals surface area contributed by atoms with Crippen molar-refractivity contribution in [1.29, 1.82) is 0 Å². The van der Waals surface area contributed by atoms with Gasteiger partial charge in [-0.2, -0.15) is 4.98 Å². The van der Waals surface area contributed by atoms with Gasteiger partial charge in [-0.05, 0) is 42.7 Å². The summed E-state index contributed by atoms with van der Waals surface area (Å²) in [5.74, 6) is 1.06. The van der Waals surface area contributed by atoms with Crippen molar-refractivity contribution in [3.8, 4) is 17.1 Å². The number of carbonyl (C=O) groups excluding carboxylic acids is 1. The van der Waals surface area contributed by atoms with E-state index < -0.39 is 20.5 Å². The van der Waals surface area contributed by atoms with Crippen molar-refractivity contribution in [2.45, 2.75) is 29.9 Å². The van der Waals surface area contributed by atoms with E-state index in [2.05, 4.69) is 15.1 Å². The van der Waals surface area contributed by atoms with E-state index in [9.17, 15) is 13.2 Å². The highest BCUT2D eigenvalue weighted by Crippen LogP contribution is 2.49. The molecule has 3 aromatic rings. The fraction of sp³-hybridized carbons (Fsp3) is 0.391. The van der Waals surface area contributed by atoms with Crippen LogP contribution >= 0.6 is 0 Å². The Labute approximate surface area is 191 Å². The third kappa shape index (κ3) is 3.78. The summed E-state index contributed by atoms with van der Waals surface area (Å²) in [5.41, 5.74) is 1.78. The molecule has 1 spiro atoms. The molecule has 10 heteroatoms. The first-order valence-corrected chi connectivity index (χ1v) is 12.4. The number of carbonyl (C=O) groups is 1. The Morgan fingerprint density at radius 3 is 2.61 bits per heavy atom. The van der Waals surface area contributed by atoms with Gasteiger partial charge in [0.25, 0.3) is 0 Å². The van der Waals surface area contributed by atoms with Gasteiger partial charge >= 0.3 is 0 Å². The van der Waals surface area contributed by atoms with Crippen molar-refractivity contribution in [3.63, 3.8) is 0 Å². The van der Waals surface area contributed by atoms with Gasteiger partial charge in [-0.1, -0.05) is 17.3 Å². The lowest BCUT2D eigenvalue weighted by atomic mass is 9.82. The lowest BCUT2D eigenvalue weighted by Crippen LogP contribution is -2.67. The maximum absolute atomic E-state index is 13.0. The Morgan fingerprint density at radius 2 is 1.91 bits per heavy atom. The lowest BCUT2D eigenvalue weighted by molar-refractivity contribution is -0.136. The van der Waals surface area contributed by atoms with Gasteiger partial charge in [0, 0.05) is 37.5 Å². The van der Waals surface area contributed by atoms with E-state index in [1.54, 1.807) is 36.5 Å². The average Bonchev–Trinajstić information content (AvgIpc) is 3.39. The van der Waals surface area contributed by atoms with Gasteiger partial charge in [-0.3, -0.25) is 9.78 Å². The SMILES string of the molecule is COc1ccc(CCC(=O)N2CC3(C2)C(c2nc(-c4ccncc4)no2)CCS3(=O)=O)cc1. The van der Waals surface area contributed by atoms with Crippen LogP contribution < -0.4 is 4.74 Å². The Kier molecular flexibility index (Phi) is 5.40. The second kappa shape index (κ2) is 8.26. The zero-order chi connectivity index (χ0) is 23.1. The van der Waals surface area contributed by atoms with Crippen molar-refractivity contribution in [2.24, 2.45) is 0 Å². The first-order chi connectivity index (χ1) is 15.9. The third-order valence-corrected chi connectivity index (χ3v) is 9.22. The quantitative estimate of drug-likeness (QED) is 0.541. The summed E-state index contributed by atoms with van der Waals surface area (Å²) in [6.07, 6.45) is 4.58. The van der Waals surface area contributed by atoms with E-state index in [-0.39, 0.29) is 24.7 Å². The number of aryl methyl sites for hydroxylation is 1. The van der Waals surface area contributed by atoms with Crippen molar-refractivity contribution < 1.29 is 22.5 Å². The largest absolute Gasteiger partial charge is 0.497 e. The molecule has 1 atom stereocenters. The summed E-state index contributed by atoms with van der Waals surface area (Å²) in [4.78, 5) is 22.8. The van der Waals surface area contributed by atoms with Crippen LogP contribution in [0.1, 0.15) is 30.2 Å². The maximum Gasteiger partial charge on any atom is 0.231 e. The number of ether oxygens (including phenoxy) is 1. The van der Waals surface area contributed by atoms with Crippen LogP contribution in [0.3, 0.4) is 0 Å². The summed E-state index contributed by atoms with van der Waals surface area (Å²) < 4.78 is 35.6. The standard InChI is InChI=1S/C23H24N4O5S/c1-31-18-5-2-16(3-6-18)4-7-20(28)27-14-23(15-27)19(10-13-33(23,29)30)22-25-21(26-32-22)17-8-11-24-12-9-17/h2-3,5-6,8-9,11-12,19H,4,7,10,13-15H2,1H3. The fourth-order valence-electron chi connectivity index (χ4n) is 4.69. The summed E-state index contributed by atoms with van der Waals surface area (Å²) in [5, 5.41) is 4.03. The zero-order valence-corrected chi connectivity index (χ0v) is 19.0.